The topological polar surface area (TPSA) is 43.6 Å². The molecule has 7 aromatic carbocycles. The Hall–Kier alpha value is -7.43. The number of aromatic nitrogens is 4. The van der Waals surface area contributed by atoms with Crippen LogP contribution in [0.2, 0.25) is 0 Å². The summed E-state index contributed by atoms with van der Waals surface area (Å²) < 4.78 is 2.22. The summed E-state index contributed by atoms with van der Waals surface area (Å²) in [7, 11) is 0. The van der Waals surface area contributed by atoms with Crippen LogP contribution >= 0.6 is 0 Å². The zero-order chi connectivity index (χ0) is 37.1. The van der Waals surface area contributed by atoms with Crippen LogP contribution in [0.25, 0.3) is 72.5 Å². The van der Waals surface area contributed by atoms with Crippen LogP contribution in [-0.4, -0.2) is 19.5 Å². The number of hydrogen-bond donors (Lipinski definition) is 0. The Morgan fingerprint density at radius 3 is 1.71 bits per heavy atom. The summed E-state index contributed by atoms with van der Waals surface area (Å²) in [6.07, 6.45) is 3.88. The minimum absolute atomic E-state index is 0.482. The van der Waals surface area contributed by atoms with Crippen LogP contribution in [0.5, 0.6) is 0 Å². The van der Waals surface area contributed by atoms with Crippen LogP contribution in [0.1, 0.15) is 22.3 Å². The maximum absolute atomic E-state index is 5.22. The first-order chi connectivity index (χ1) is 27.8. The van der Waals surface area contributed by atoms with E-state index in [9.17, 15) is 0 Å². The molecule has 56 heavy (non-hydrogen) atoms. The third-order valence-corrected chi connectivity index (χ3v) is 11.4. The maximum Gasteiger partial charge on any atom is 0.235 e. The van der Waals surface area contributed by atoms with Crippen LogP contribution in [0, 0.1) is 0 Å². The monoisotopic (exact) mass is 714 g/mol. The summed E-state index contributed by atoms with van der Waals surface area (Å²) in [6, 6.07) is 69.2. The SMILES string of the molecule is c1ccc(-c2cc(-c3ccccc3)nc(-n3c4ccccc4c4cc(-c5ccc6c(c5)-c5ccccc5C6(c5ccccc5)c5cccnc5)ccc43)n2)cc1. The average Bonchev–Trinajstić information content (AvgIpc) is 3.78. The number of para-hydroxylation sites is 1. The number of nitrogens with zero attached hydrogens (tertiary/aromatic N) is 4. The molecule has 3 heterocycles. The van der Waals surface area contributed by atoms with Crippen molar-refractivity contribution in [2.24, 2.45) is 0 Å². The highest BCUT2D eigenvalue weighted by molar-refractivity contribution is 6.10. The van der Waals surface area contributed by atoms with Crippen molar-refractivity contribution in [2.45, 2.75) is 5.41 Å². The van der Waals surface area contributed by atoms with Gasteiger partial charge in [-0.2, -0.15) is 0 Å². The van der Waals surface area contributed by atoms with Crippen molar-refractivity contribution in [3.63, 3.8) is 0 Å². The molecule has 0 N–H and O–H groups in total. The van der Waals surface area contributed by atoms with Crippen molar-refractivity contribution in [1.82, 2.24) is 19.5 Å². The van der Waals surface area contributed by atoms with Gasteiger partial charge in [-0.25, -0.2) is 9.97 Å². The Labute approximate surface area is 325 Å². The van der Waals surface area contributed by atoms with Gasteiger partial charge in [0.05, 0.1) is 27.8 Å². The lowest BCUT2D eigenvalue weighted by molar-refractivity contribution is 0.763. The fourth-order valence-electron chi connectivity index (χ4n) is 8.94. The highest BCUT2D eigenvalue weighted by atomic mass is 15.2. The largest absolute Gasteiger partial charge is 0.278 e. The summed E-state index contributed by atoms with van der Waals surface area (Å²) >= 11 is 0. The van der Waals surface area contributed by atoms with E-state index in [4.69, 9.17) is 9.97 Å². The van der Waals surface area contributed by atoms with E-state index < -0.39 is 5.41 Å². The molecule has 0 bridgehead atoms. The van der Waals surface area contributed by atoms with Gasteiger partial charge in [-0.3, -0.25) is 9.55 Å². The smallest absolute Gasteiger partial charge is 0.235 e. The van der Waals surface area contributed by atoms with E-state index in [1.54, 1.807) is 0 Å². The number of benzene rings is 7. The molecule has 0 saturated carbocycles. The van der Waals surface area contributed by atoms with Gasteiger partial charge in [-0.1, -0.05) is 158 Å². The lowest BCUT2D eigenvalue weighted by atomic mass is 9.68. The molecule has 3 aromatic heterocycles. The van der Waals surface area contributed by atoms with E-state index >= 15 is 0 Å². The summed E-state index contributed by atoms with van der Waals surface area (Å²) in [5.74, 6) is 0.644. The average molecular weight is 715 g/mol. The maximum atomic E-state index is 5.22. The third kappa shape index (κ3) is 4.89. The van der Waals surface area contributed by atoms with Gasteiger partial charge >= 0.3 is 0 Å². The van der Waals surface area contributed by atoms with E-state index in [-0.39, 0.29) is 0 Å². The molecule has 1 aliphatic rings. The minimum Gasteiger partial charge on any atom is -0.278 e. The second kappa shape index (κ2) is 12.9. The van der Waals surface area contributed by atoms with E-state index in [1.165, 1.54) is 33.4 Å². The first-order valence-corrected chi connectivity index (χ1v) is 19.0. The highest BCUT2D eigenvalue weighted by Crippen LogP contribution is 2.56. The molecule has 0 radical (unpaired) electrons. The molecule has 1 unspecified atom stereocenters. The van der Waals surface area contributed by atoms with Crippen LogP contribution in [0.3, 0.4) is 0 Å². The molecule has 262 valence electrons. The standard InChI is InChI=1S/C52H34N4/c1-4-15-35(16-5-1)47-33-48(36-17-6-2-7-18-36)55-51(54-47)56-49-25-13-11-23-42(49)44-32-38(27-29-50(44)56)37-26-28-46-43(31-37)41-22-10-12-24-45(41)52(46,39-19-8-3-9-20-39)40-21-14-30-53-34-40/h1-34H. The molecule has 4 heteroatoms. The lowest BCUT2D eigenvalue weighted by Gasteiger charge is -2.33. The van der Waals surface area contributed by atoms with Gasteiger partial charge in [0.25, 0.3) is 0 Å². The van der Waals surface area contributed by atoms with Crippen molar-refractivity contribution >= 4 is 21.8 Å². The molecule has 0 aliphatic heterocycles. The Morgan fingerprint density at radius 1 is 0.393 bits per heavy atom. The predicted octanol–water partition coefficient (Wildman–Crippen LogP) is 12.3. The van der Waals surface area contributed by atoms with Gasteiger partial charge in [0.1, 0.15) is 0 Å². The Morgan fingerprint density at radius 2 is 0.982 bits per heavy atom. The number of hydrogen-bond acceptors (Lipinski definition) is 3. The van der Waals surface area contributed by atoms with Crippen molar-refractivity contribution in [3.8, 4) is 50.7 Å². The van der Waals surface area contributed by atoms with Gasteiger partial charge in [0, 0.05) is 34.3 Å². The number of fused-ring (bicyclic) bond motifs is 6. The van der Waals surface area contributed by atoms with Gasteiger partial charge in [0.15, 0.2) is 0 Å². The fourth-order valence-corrected chi connectivity index (χ4v) is 8.94. The van der Waals surface area contributed by atoms with Gasteiger partial charge in [-0.15, -0.1) is 0 Å². The van der Waals surface area contributed by atoms with Gasteiger partial charge < -0.3 is 0 Å². The highest BCUT2D eigenvalue weighted by Gasteiger charge is 2.46. The van der Waals surface area contributed by atoms with Crippen molar-refractivity contribution in [3.05, 3.63) is 229 Å². The second-order valence-electron chi connectivity index (χ2n) is 14.4. The molecule has 0 fully saturated rings. The van der Waals surface area contributed by atoms with E-state index in [1.807, 2.05) is 30.6 Å². The predicted molar refractivity (Wildman–Crippen MR) is 228 cm³/mol. The Kier molecular flexibility index (Phi) is 7.36. The Balaban J connectivity index is 1.10. The second-order valence-corrected chi connectivity index (χ2v) is 14.4. The normalized spacial score (nSPS) is 14.5. The Bertz CT molecular complexity index is 2960. The van der Waals surface area contributed by atoms with Crippen LogP contribution in [0.4, 0.5) is 0 Å². The molecule has 1 atom stereocenters. The van der Waals surface area contributed by atoms with Crippen LogP contribution in [-0.2, 0) is 5.41 Å². The van der Waals surface area contributed by atoms with Gasteiger partial charge in [0.2, 0.25) is 5.95 Å². The third-order valence-electron chi connectivity index (χ3n) is 11.4. The molecule has 0 spiro atoms. The summed E-state index contributed by atoms with van der Waals surface area (Å²) in [5.41, 5.74) is 15.3. The van der Waals surface area contributed by atoms with Crippen molar-refractivity contribution in [1.29, 1.82) is 0 Å². The number of rotatable bonds is 6. The van der Waals surface area contributed by atoms with Crippen molar-refractivity contribution < 1.29 is 0 Å². The molecule has 4 nitrogen and oxygen atoms in total. The molecule has 1 aliphatic carbocycles. The number of pyridine rings is 1. The van der Waals surface area contributed by atoms with Crippen molar-refractivity contribution in [2.75, 3.05) is 0 Å². The molecule has 0 saturated heterocycles. The lowest BCUT2D eigenvalue weighted by Crippen LogP contribution is -2.28. The zero-order valence-electron chi connectivity index (χ0n) is 30.4. The first kappa shape index (κ1) is 32.0. The minimum atomic E-state index is -0.482. The summed E-state index contributed by atoms with van der Waals surface area (Å²) in [4.78, 5) is 15.1. The molecular weight excluding hydrogens is 681 g/mol. The van der Waals surface area contributed by atoms with Crippen LogP contribution in [0.15, 0.2) is 207 Å². The quantitative estimate of drug-likeness (QED) is 0.172. The van der Waals surface area contributed by atoms with E-state index in [0.29, 0.717) is 5.95 Å². The first-order valence-electron chi connectivity index (χ1n) is 19.0. The van der Waals surface area contributed by atoms with E-state index in [2.05, 4.69) is 185 Å². The zero-order valence-corrected chi connectivity index (χ0v) is 30.4. The molecular formula is C52H34N4. The fraction of sp³-hybridized carbons (Fsp3) is 0.0192. The summed E-state index contributed by atoms with van der Waals surface area (Å²) in [6.45, 7) is 0. The molecule has 11 rings (SSSR count). The molecule has 0 amide bonds. The van der Waals surface area contributed by atoms with Crippen LogP contribution < -0.4 is 0 Å². The molecule has 10 aromatic rings. The van der Waals surface area contributed by atoms with Gasteiger partial charge in [-0.05, 0) is 80.9 Å². The van der Waals surface area contributed by atoms with E-state index in [0.717, 1.165) is 55.4 Å². The summed E-state index contributed by atoms with van der Waals surface area (Å²) in [5, 5.41) is 2.31.